The number of hydrogen-bond donors (Lipinski definition) is 1. The molecule has 0 saturated carbocycles. The van der Waals surface area contributed by atoms with Crippen LogP contribution in [0, 0.1) is 11.8 Å². The van der Waals surface area contributed by atoms with Crippen LogP contribution in [0.25, 0.3) is 0 Å². The topological polar surface area (TPSA) is 42.0 Å². The van der Waals surface area contributed by atoms with Crippen LogP contribution < -0.4 is 5.32 Å². The number of rotatable bonds is 2. The van der Waals surface area contributed by atoms with Crippen molar-refractivity contribution in [2.45, 2.75) is 6.92 Å². The van der Waals surface area contributed by atoms with E-state index in [1.165, 1.54) is 0 Å². The van der Waals surface area contributed by atoms with E-state index < -0.39 is 0 Å². The van der Waals surface area contributed by atoms with E-state index in [4.69, 9.17) is 0 Å². The predicted molar refractivity (Wildman–Crippen MR) is 57.7 cm³/mol. The van der Waals surface area contributed by atoms with Gasteiger partial charge < -0.3 is 5.32 Å². The van der Waals surface area contributed by atoms with E-state index in [-0.39, 0.29) is 5.91 Å². The van der Waals surface area contributed by atoms with E-state index in [9.17, 15) is 4.79 Å². The van der Waals surface area contributed by atoms with Crippen LogP contribution in [0.2, 0.25) is 0 Å². The first kappa shape index (κ1) is 10.7. The molecule has 0 atom stereocenters. The van der Waals surface area contributed by atoms with E-state index in [1.54, 1.807) is 25.3 Å². The van der Waals surface area contributed by atoms with Gasteiger partial charge in [0.25, 0.3) is 5.91 Å². The molecule has 0 radical (unpaired) electrons. The molecule has 0 fully saturated rings. The van der Waals surface area contributed by atoms with Gasteiger partial charge in [-0.1, -0.05) is 5.92 Å². The minimum absolute atomic E-state index is 0.143. The first-order chi connectivity index (χ1) is 6.74. The molecule has 1 aromatic rings. The average molecular weight is 253 g/mol. The molecule has 0 spiro atoms. The monoisotopic (exact) mass is 252 g/mol. The van der Waals surface area contributed by atoms with Crippen molar-refractivity contribution in [3.63, 3.8) is 0 Å². The molecule has 1 aromatic heterocycles. The summed E-state index contributed by atoms with van der Waals surface area (Å²) in [6.45, 7) is 2.10. The Morgan fingerprint density at radius 1 is 1.71 bits per heavy atom. The normalized spacial score (nSPS) is 8.71. The van der Waals surface area contributed by atoms with Crippen molar-refractivity contribution >= 4 is 21.8 Å². The molecule has 1 amide bonds. The SMILES string of the molecule is CC#CCNC(=O)c1ccnc(Br)c1. The highest BCUT2D eigenvalue weighted by Gasteiger charge is 2.03. The largest absolute Gasteiger partial charge is 0.341 e. The molecule has 3 nitrogen and oxygen atoms in total. The van der Waals surface area contributed by atoms with Gasteiger partial charge >= 0.3 is 0 Å². The highest BCUT2D eigenvalue weighted by Crippen LogP contribution is 2.07. The van der Waals surface area contributed by atoms with Crippen LogP contribution in [0.1, 0.15) is 17.3 Å². The van der Waals surface area contributed by atoms with Gasteiger partial charge in [-0.25, -0.2) is 4.98 Å². The standard InChI is InChI=1S/C10H9BrN2O/c1-2-3-5-13-10(14)8-4-6-12-9(11)7-8/h4,6-7H,5H2,1H3,(H,13,14). The summed E-state index contributed by atoms with van der Waals surface area (Å²) in [5.41, 5.74) is 0.574. The zero-order valence-corrected chi connectivity index (χ0v) is 9.26. The molecular formula is C10H9BrN2O. The van der Waals surface area contributed by atoms with Crippen molar-refractivity contribution < 1.29 is 4.79 Å². The number of hydrogen-bond acceptors (Lipinski definition) is 2. The van der Waals surface area contributed by atoms with Crippen LogP contribution in [0.15, 0.2) is 22.9 Å². The fourth-order valence-electron chi connectivity index (χ4n) is 0.859. The Labute approximate surface area is 91.1 Å². The van der Waals surface area contributed by atoms with Gasteiger partial charge in [-0.3, -0.25) is 4.79 Å². The van der Waals surface area contributed by atoms with E-state index in [0.29, 0.717) is 16.7 Å². The molecular weight excluding hydrogens is 244 g/mol. The van der Waals surface area contributed by atoms with Crippen molar-refractivity contribution in [1.29, 1.82) is 0 Å². The predicted octanol–water partition coefficient (Wildman–Crippen LogP) is 1.60. The number of pyridine rings is 1. The van der Waals surface area contributed by atoms with Gasteiger partial charge in [-0.2, -0.15) is 0 Å². The maximum absolute atomic E-state index is 11.4. The summed E-state index contributed by atoms with van der Waals surface area (Å²) in [5, 5.41) is 2.67. The number of halogens is 1. The second-order valence-corrected chi connectivity index (χ2v) is 3.29. The molecule has 0 aliphatic carbocycles. The Morgan fingerprint density at radius 3 is 3.14 bits per heavy atom. The molecule has 4 heteroatoms. The Hall–Kier alpha value is -1.34. The van der Waals surface area contributed by atoms with Crippen LogP contribution >= 0.6 is 15.9 Å². The summed E-state index contributed by atoms with van der Waals surface area (Å²) in [6.07, 6.45) is 1.57. The zero-order chi connectivity index (χ0) is 10.4. The van der Waals surface area contributed by atoms with Gasteiger partial charge in [0.05, 0.1) is 6.54 Å². The number of amides is 1. The minimum Gasteiger partial charge on any atom is -0.341 e. The zero-order valence-electron chi connectivity index (χ0n) is 7.67. The highest BCUT2D eigenvalue weighted by atomic mass is 79.9. The van der Waals surface area contributed by atoms with E-state index in [2.05, 4.69) is 38.1 Å². The molecule has 0 aromatic carbocycles. The Bertz CT molecular complexity index is 393. The highest BCUT2D eigenvalue weighted by molar-refractivity contribution is 9.10. The third kappa shape index (κ3) is 3.19. The molecule has 14 heavy (non-hydrogen) atoms. The summed E-state index contributed by atoms with van der Waals surface area (Å²) < 4.78 is 0.645. The summed E-state index contributed by atoms with van der Waals surface area (Å²) in [5.74, 6) is 5.31. The molecule has 72 valence electrons. The Balaban J connectivity index is 2.63. The van der Waals surface area contributed by atoms with E-state index in [1.807, 2.05) is 0 Å². The third-order valence-corrected chi connectivity index (χ3v) is 1.94. The van der Waals surface area contributed by atoms with Gasteiger partial charge in [-0.05, 0) is 35.0 Å². The maximum Gasteiger partial charge on any atom is 0.252 e. The van der Waals surface area contributed by atoms with Crippen molar-refractivity contribution in [1.82, 2.24) is 10.3 Å². The fourth-order valence-corrected chi connectivity index (χ4v) is 1.22. The number of nitrogens with zero attached hydrogens (tertiary/aromatic N) is 1. The summed E-state index contributed by atoms with van der Waals surface area (Å²) >= 11 is 3.19. The van der Waals surface area contributed by atoms with Crippen LogP contribution in [-0.4, -0.2) is 17.4 Å². The fraction of sp³-hybridized carbons (Fsp3) is 0.200. The number of aromatic nitrogens is 1. The van der Waals surface area contributed by atoms with Gasteiger partial charge in [0.1, 0.15) is 4.60 Å². The lowest BCUT2D eigenvalue weighted by Gasteiger charge is -2.00. The number of carbonyl (C=O) groups is 1. The number of carbonyl (C=O) groups excluding carboxylic acids is 1. The summed E-state index contributed by atoms with van der Waals surface area (Å²) in [6, 6.07) is 3.31. The van der Waals surface area contributed by atoms with Crippen LogP contribution in [0.3, 0.4) is 0 Å². The van der Waals surface area contributed by atoms with Gasteiger partial charge in [0.15, 0.2) is 0 Å². The molecule has 0 saturated heterocycles. The molecule has 0 unspecified atom stereocenters. The first-order valence-electron chi connectivity index (χ1n) is 4.03. The van der Waals surface area contributed by atoms with Crippen molar-refractivity contribution in [2.75, 3.05) is 6.54 Å². The molecule has 1 N–H and O–H groups in total. The Morgan fingerprint density at radius 2 is 2.50 bits per heavy atom. The van der Waals surface area contributed by atoms with Crippen LogP contribution in [-0.2, 0) is 0 Å². The Kier molecular flexibility index (Phi) is 4.14. The molecule has 0 bridgehead atoms. The van der Waals surface area contributed by atoms with Gasteiger partial charge in [0.2, 0.25) is 0 Å². The smallest absolute Gasteiger partial charge is 0.252 e. The lowest BCUT2D eigenvalue weighted by molar-refractivity contribution is 0.0958. The summed E-state index contributed by atoms with van der Waals surface area (Å²) in [7, 11) is 0. The van der Waals surface area contributed by atoms with E-state index in [0.717, 1.165) is 0 Å². The first-order valence-corrected chi connectivity index (χ1v) is 4.82. The van der Waals surface area contributed by atoms with Crippen LogP contribution in [0.4, 0.5) is 0 Å². The van der Waals surface area contributed by atoms with Crippen molar-refractivity contribution in [3.8, 4) is 11.8 Å². The molecule has 0 aliphatic heterocycles. The molecule has 1 heterocycles. The second-order valence-electron chi connectivity index (χ2n) is 2.48. The average Bonchev–Trinajstić information content (AvgIpc) is 2.18. The minimum atomic E-state index is -0.143. The lowest BCUT2D eigenvalue weighted by Crippen LogP contribution is -2.23. The van der Waals surface area contributed by atoms with Crippen molar-refractivity contribution in [2.24, 2.45) is 0 Å². The summed E-state index contributed by atoms with van der Waals surface area (Å²) in [4.78, 5) is 15.4. The molecule has 1 rings (SSSR count). The number of nitrogens with one attached hydrogen (secondary N) is 1. The second kappa shape index (κ2) is 5.40. The maximum atomic E-state index is 11.4. The van der Waals surface area contributed by atoms with Crippen molar-refractivity contribution in [3.05, 3.63) is 28.5 Å². The lowest BCUT2D eigenvalue weighted by atomic mass is 10.2. The van der Waals surface area contributed by atoms with Crippen LogP contribution in [0.5, 0.6) is 0 Å². The van der Waals surface area contributed by atoms with Gasteiger partial charge in [0, 0.05) is 11.8 Å². The van der Waals surface area contributed by atoms with Gasteiger partial charge in [-0.15, -0.1) is 5.92 Å². The van der Waals surface area contributed by atoms with E-state index >= 15 is 0 Å². The molecule has 0 aliphatic rings. The third-order valence-electron chi connectivity index (χ3n) is 1.50. The quantitative estimate of drug-likeness (QED) is 0.642.